The number of thioether (sulfide) groups is 1. The number of anilines is 1. The lowest BCUT2D eigenvalue weighted by Crippen LogP contribution is -2.30. The average Bonchev–Trinajstić information content (AvgIpc) is 3.01. The fraction of sp³-hybridized carbons (Fsp3) is 0.227. The number of carbonyl (C=O) groups is 2. The van der Waals surface area contributed by atoms with Crippen molar-refractivity contribution in [2.75, 3.05) is 11.5 Å². The predicted octanol–water partition coefficient (Wildman–Crippen LogP) is 4.75. The standard InChI is InChI=1S/C22H19BrN2O3S/c1-3-28-22(27)18(13-24)21-25(17-10-8-16(23)9-11-17)20(26)19(29-21)12-15-7-5-4-6-14(15)2/h4-11,19H,3,12H2,1-2H3. The van der Waals surface area contributed by atoms with Crippen LogP contribution < -0.4 is 4.90 Å². The fourth-order valence-electron chi connectivity index (χ4n) is 3.04. The normalized spacial score (nSPS) is 17.8. The molecule has 7 heteroatoms. The Morgan fingerprint density at radius 2 is 1.93 bits per heavy atom. The summed E-state index contributed by atoms with van der Waals surface area (Å²) in [6, 6.07) is 17.0. The van der Waals surface area contributed by atoms with Gasteiger partial charge in [0.15, 0.2) is 5.57 Å². The number of esters is 1. The van der Waals surface area contributed by atoms with Gasteiger partial charge in [0.05, 0.1) is 11.9 Å². The van der Waals surface area contributed by atoms with Crippen molar-refractivity contribution in [1.82, 2.24) is 0 Å². The molecule has 1 atom stereocenters. The Hall–Kier alpha value is -2.56. The number of carbonyl (C=O) groups excluding carboxylic acids is 2. The molecular formula is C22H19BrN2O3S. The van der Waals surface area contributed by atoms with Crippen LogP contribution in [-0.4, -0.2) is 23.7 Å². The van der Waals surface area contributed by atoms with Crippen LogP contribution in [0.15, 0.2) is 63.6 Å². The number of hydrogen-bond acceptors (Lipinski definition) is 5. The van der Waals surface area contributed by atoms with E-state index in [1.165, 1.54) is 16.7 Å². The minimum absolute atomic E-state index is 0.152. The molecule has 0 aromatic heterocycles. The first-order valence-corrected chi connectivity index (χ1v) is 10.8. The van der Waals surface area contributed by atoms with Gasteiger partial charge in [0.1, 0.15) is 11.1 Å². The molecule has 29 heavy (non-hydrogen) atoms. The maximum atomic E-state index is 13.3. The quantitative estimate of drug-likeness (QED) is 0.358. The van der Waals surface area contributed by atoms with Crippen LogP contribution in [0.4, 0.5) is 5.69 Å². The first-order chi connectivity index (χ1) is 14.0. The number of benzene rings is 2. The molecule has 1 aliphatic rings. The van der Waals surface area contributed by atoms with Gasteiger partial charge in [-0.1, -0.05) is 52.0 Å². The van der Waals surface area contributed by atoms with Crippen molar-refractivity contribution >= 4 is 45.3 Å². The van der Waals surface area contributed by atoms with Crippen molar-refractivity contribution in [3.05, 3.63) is 74.7 Å². The van der Waals surface area contributed by atoms with E-state index in [0.29, 0.717) is 17.1 Å². The summed E-state index contributed by atoms with van der Waals surface area (Å²) in [7, 11) is 0. The van der Waals surface area contributed by atoms with Crippen molar-refractivity contribution in [2.24, 2.45) is 0 Å². The third-order valence-electron chi connectivity index (χ3n) is 4.51. The molecular weight excluding hydrogens is 452 g/mol. The number of amides is 1. The zero-order valence-corrected chi connectivity index (χ0v) is 18.4. The third kappa shape index (κ3) is 4.55. The van der Waals surface area contributed by atoms with E-state index in [1.807, 2.05) is 49.4 Å². The maximum absolute atomic E-state index is 13.3. The molecule has 2 aromatic rings. The highest BCUT2D eigenvalue weighted by Crippen LogP contribution is 2.42. The lowest BCUT2D eigenvalue weighted by molar-refractivity contribution is -0.138. The van der Waals surface area contributed by atoms with Crippen molar-refractivity contribution in [3.8, 4) is 6.07 Å². The molecule has 0 saturated carbocycles. The van der Waals surface area contributed by atoms with Crippen LogP contribution in [0.5, 0.6) is 0 Å². The smallest absolute Gasteiger partial charge is 0.351 e. The van der Waals surface area contributed by atoms with Crippen molar-refractivity contribution < 1.29 is 14.3 Å². The van der Waals surface area contributed by atoms with E-state index in [2.05, 4.69) is 15.9 Å². The zero-order chi connectivity index (χ0) is 21.0. The minimum atomic E-state index is -0.719. The van der Waals surface area contributed by atoms with Crippen LogP contribution in [0.25, 0.3) is 0 Å². The van der Waals surface area contributed by atoms with E-state index >= 15 is 0 Å². The van der Waals surface area contributed by atoms with Gasteiger partial charge in [-0.15, -0.1) is 0 Å². The van der Waals surface area contributed by atoms with Crippen molar-refractivity contribution in [2.45, 2.75) is 25.5 Å². The number of nitriles is 1. The van der Waals surface area contributed by atoms with Gasteiger partial charge in [-0.05, 0) is 55.7 Å². The van der Waals surface area contributed by atoms with Crippen LogP contribution in [0.2, 0.25) is 0 Å². The van der Waals surface area contributed by atoms with Gasteiger partial charge in [0.25, 0.3) is 0 Å². The molecule has 0 spiro atoms. The molecule has 148 valence electrons. The lowest BCUT2D eigenvalue weighted by Gasteiger charge is -2.18. The highest BCUT2D eigenvalue weighted by atomic mass is 79.9. The Balaban J connectivity index is 2.05. The van der Waals surface area contributed by atoms with Gasteiger partial charge in [0.2, 0.25) is 5.91 Å². The van der Waals surface area contributed by atoms with E-state index in [0.717, 1.165) is 15.6 Å². The van der Waals surface area contributed by atoms with Gasteiger partial charge in [-0.25, -0.2) is 4.79 Å². The Labute approximate surface area is 182 Å². The van der Waals surface area contributed by atoms with E-state index in [4.69, 9.17) is 4.74 Å². The summed E-state index contributed by atoms with van der Waals surface area (Å²) in [5, 5.41) is 9.51. The molecule has 1 saturated heterocycles. The molecule has 0 bridgehead atoms. The number of halogens is 1. The lowest BCUT2D eigenvalue weighted by atomic mass is 10.0. The highest BCUT2D eigenvalue weighted by molar-refractivity contribution is 9.10. The van der Waals surface area contributed by atoms with Crippen molar-refractivity contribution in [3.63, 3.8) is 0 Å². The summed E-state index contributed by atoms with van der Waals surface area (Å²) in [6.45, 7) is 3.83. The maximum Gasteiger partial charge on any atom is 0.351 e. The highest BCUT2D eigenvalue weighted by Gasteiger charge is 2.41. The third-order valence-corrected chi connectivity index (χ3v) is 6.30. The minimum Gasteiger partial charge on any atom is -0.462 e. The summed E-state index contributed by atoms with van der Waals surface area (Å²) < 4.78 is 5.91. The first kappa shape index (κ1) is 21.2. The van der Waals surface area contributed by atoms with E-state index < -0.39 is 11.2 Å². The van der Waals surface area contributed by atoms with E-state index in [9.17, 15) is 14.9 Å². The number of nitrogens with zero attached hydrogens (tertiary/aromatic N) is 2. The molecule has 1 heterocycles. The predicted molar refractivity (Wildman–Crippen MR) is 117 cm³/mol. The first-order valence-electron chi connectivity index (χ1n) is 9.08. The van der Waals surface area contributed by atoms with Gasteiger partial charge >= 0.3 is 5.97 Å². The monoisotopic (exact) mass is 470 g/mol. The molecule has 0 radical (unpaired) electrons. The molecule has 1 aliphatic heterocycles. The Morgan fingerprint density at radius 1 is 1.24 bits per heavy atom. The van der Waals surface area contributed by atoms with Crippen LogP contribution in [0.1, 0.15) is 18.1 Å². The van der Waals surface area contributed by atoms with Crippen LogP contribution in [-0.2, 0) is 20.7 Å². The SMILES string of the molecule is CCOC(=O)C(C#N)=C1SC(Cc2ccccc2C)C(=O)N1c1ccc(Br)cc1. The van der Waals surface area contributed by atoms with Crippen LogP contribution in [0.3, 0.4) is 0 Å². The van der Waals surface area contributed by atoms with Gasteiger partial charge < -0.3 is 4.74 Å². The number of aryl methyl sites for hydroxylation is 1. The second-order valence-corrected chi connectivity index (χ2v) is 8.51. The second-order valence-electron chi connectivity index (χ2n) is 6.40. The van der Waals surface area contributed by atoms with Gasteiger partial charge in [0, 0.05) is 10.2 Å². The molecule has 0 aliphatic carbocycles. The molecule has 1 fully saturated rings. The molecule has 0 N–H and O–H groups in total. The number of ether oxygens (including phenoxy) is 1. The summed E-state index contributed by atoms with van der Waals surface area (Å²) >= 11 is 4.62. The fourth-order valence-corrected chi connectivity index (χ4v) is 4.59. The zero-order valence-electron chi connectivity index (χ0n) is 16.0. The van der Waals surface area contributed by atoms with Crippen LogP contribution in [0, 0.1) is 18.3 Å². The molecule has 2 aromatic carbocycles. The van der Waals surface area contributed by atoms with Gasteiger partial charge in [-0.3, -0.25) is 9.69 Å². The number of rotatable bonds is 5. The largest absolute Gasteiger partial charge is 0.462 e. The molecule has 1 amide bonds. The Bertz CT molecular complexity index is 1010. The summed E-state index contributed by atoms with van der Waals surface area (Å²) in [5.41, 5.74) is 2.61. The topological polar surface area (TPSA) is 70.4 Å². The number of hydrogen-bond donors (Lipinski definition) is 0. The van der Waals surface area contributed by atoms with Gasteiger partial charge in [-0.2, -0.15) is 5.26 Å². The van der Waals surface area contributed by atoms with E-state index in [1.54, 1.807) is 19.1 Å². The second kappa shape index (κ2) is 9.29. The molecule has 5 nitrogen and oxygen atoms in total. The summed E-state index contributed by atoms with van der Waals surface area (Å²) in [4.78, 5) is 27.1. The average molecular weight is 471 g/mol. The Kier molecular flexibility index (Phi) is 6.78. The molecule has 1 unspecified atom stereocenters. The summed E-state index contributed by atoms with van der Waals surface area (Å²) in [6.07, 6.45) is 0.508. The summed E-state index contributed by atoms with van der Waals surface area (Å²) in [5.74, 6) is -0.878. The molecule has 3 rings (SSSR count). The van der Waals surface area contributed by atoms with Crippen LogP contribution >= 0.6 is 27.7 Å². The van der Waals surface area contributed by atoms with Crippen molar-refractivity contribution in [1.29, 1.82) is 5.26 Å². The Morgan fingerprint density at radius 3 is 2.55 bits per heavy atom. The van der Waals surface area contributed by atoms with E-state index in [-0.39, 0.29) is 18.1 Å².